The van der Waals surface area contributed by atoms with E-state index >= 15 is 0 Å². The summed E-state index contributed by atoms with van der Waals surface area (Å²) in [6, 6.07) is 0. The van der Waals surface area contributed by atoms with Crippen molar-refractivity contribution in [2.24, 2.45) is 0 Å². The standard InChI is InChI=1S/C7H15IO3/c1-9-5-6-11-7-10-4-2-3-8/h2-7H2,1H3. The predicted molar refractivity (Wildman–Crippen MR) is 52.2 cm³/mol. The molecule has 0 saturated carbocycles. The van der Waals surface area contributed by atoms with Gasteiger partial charge in [0.25, 0.3) is 0 Å². The lowest BCUT2D eigenvalue weighted by Gasteiger charge is -2.03. The summed E-state index contributed by atoms with van der Waals surface area (Å²) in [6.45, 7) is 2.42. The van der Waals surface area contributed by atoms with Gasteiger partial charge in [0.2, 0.25) is 0 Å². The SMILES string of the molecule is COCCOCOCCCI. The van der Waals surface area contributed by atoms with Crippen molar-refractivity contribution in [3.63, 3.8) is 0 Å². The second kappa shape index (κ2) is 10.6. The maximum absolute atomic E-state index is 5.14. The van der Waals surface area contributed by atoms with Crippen LogP contribution in [0.15, 0.2) is 0 Å². The molecule has 0 unspecified atom stereocenters. The first-order valence-electron chi connectivity index (χ1n) is 3.62. The molecule has 0 heterocycles. The Balaban J connectivity index is 2.69. The summed E-state index contributed by atoms with van der Waals surface area (Å²) in [7, 11) is 1.65. The molecule has 4 heteroatoms. The van der Waals surface area contributed by atoms with Gasteiger partial charge in [0.15, 0.2) is 0 Å². The van der Waals surface area contributed by atoms with E-state index in [2.05, 4.69) is 22.6 Å². The number of halogens is 1. The van der Waals surface area contributed by atoms with Gasteiger partial charge < -0.3 is 14.2 Å². The molecule has 0 aliphatic rings. The van der Waals surface area contributed by atoms with E-state index in [4.69, 9.17) is 14.2 Å². The van der Waals surface area contributed by atoms with Gasteiger partial charge in [-0.3, -0.25) is 0 Å². The van der Waals surface area contributed by atoms with Crippen molar-refractivity contribution < 1.29 is 14.2 Å². The monoisotopic (exact) mass is 274 g/mol. The van der Waals surface area contributed by atoms with E-state index in [1.165, 1.54) is 0 Å². The molecule has 0 N–H and O–H groups in total. The van der Waals surface area contributed by atoms with E-state index in [-0.39, 0.29) is 0 Å². The fraction of sp³-hybridized carbons (Fsp3) is 1.00. The third kappa shape index (κ3) is 10.6. The summed E-state index contributed by atoms with van der Waals surface area (Å²) in [5.41, 5.74) is 0. The fourth-order valence-corrected chi connectivity index (χ4v) is 0.787. The van der Waals surface area contributed by atoms with Gasteiger partial charge in [-0.25, -0.2) is 0 Å². The number of hydrogen-bond donors (Lipinski definition) is 0. The minimum absolute atomic E-state index is 0.389. The van der Waals surface area contributed by atoms with Crippen LogP contribution in [0, 0.1) is 0 Å². The third-order valence-electron chi connectivity index (χ3n) is 1.02. The molecule has 0 spiro atoms. The highest BCUT2D eigenvalue weighted by molar-refractivity contribution is 14.1. The Morgan fingerprint density at radius 3 is 2.45 bits per heavy atom. The number of alkyl halides is 1. The zero-order valence-electron chi connectivity index (χ0n) is 6.85. The van der Waals surface area contributed by atoms with Crippen LogP contribution in [-0.4, -0.2) is 38.2 Å². The molecule has 0 radical (unpaired) electrons. The van der Waals surface area contributed by atoms with Crippen molar-refractivity contribution in [1.29, 1.82) is 0 Å². The summed E-state index contributed by atoms with van der Waals surface area (Å²) in [4.78, 5) is 0. The average molecular weight is 274 g/mol. The Bertz CT molecular complexity index is 62.7. The van der Waals surface area contributed by atoms with Crippen LogP contribution in [0.2, 0.25) is 0 Å². The van der Waals surface area contributed by atoms with E-state index in [0.717, 1.165) is 17.5 Å². The first kappa shape index (κ1) is 11.6. The largest absolute Gasteiger partial charge is 0.382 e. The molecule has 0 amide bonds. The Hall–Kier alpha value is 0.610. The van der Waals surface area contributed by atoms with E-state index in [0.29, 0.717) is 20.0 Å². The third-order valence-corrected chi connectivity index (χ3v) is 1.78. The quantitative estimate of drug-likeness (QED) is 0.290. The Morgan fingerprint density at radius 1 is 1.09 bits per heavy atom. The number of methoxy groups -OCH3 is 1. The molecule has 11 heavy (non-hydrogen) atoms. The van der Waals surface area contributed by atoms with Crippen molar-refractivity contribution in [3.8, 4) is 0 Å². The van der Waals surface area contributed by atoms with Crippen LogP contribution in [0.5, 0.6) is 0 Å². The summed E-state index contributed by atoms with van der Waals surface area (Å²) < 4.78 is 16.1. The molecule has 0 rings (SSSR count). The molecule has 0 aromatic heterocycles. The van der Waals surface area contributed by atoms with Gasteiger partial charge in [0.05, 0.1) is 19.8 Å². The highest BCUT2D eigenvalue weighted by Crippen LogP contribution is 1.89. The van der Waals surface area contributed by atoms with Crippen molar-refractivity contribution >= 4 is 22.6 Å². The van der Waals surface area contributed by atoms with Crippen LogP contribution >= 0.6 is 22.6 Å². The van der Waals surface area contributed by atoms with Crippen LogP contribution in [0.4, 0.5) is 0 Å². The van der Waals surface area contributed by atoms with Crippen LogP contribution in [0.3, 0.4) is 0 Å². The Morgan fingerprint density at radius 2 is 1.82 bits per heavy atom. The molecule has 0 aromatic rings. The molecule has 0 aliphatic carbocycles. The second-order valence-corrected chi connectivity index (χ2v) is 3.05. The highest BCUT2D eigenvalue weighted by atomic mass is 127. The molecule has 0 fully saturated rings. The maximum atomic E-state index is 5.14. The van der Waals surface area contributed by atoms with Crippen molar-refractivity contribution in [2.75, 3.05) is 38.2 Å². The molecule has 3 nitrogen and oxygen atoms in total. The van der Waals surface area contributed by atoms with Gasteiger partial charge >= 0.3 is 0 Å². The lowest BCUT2D eigenvalue weighted by Crippen LogP contribution is -2.06. The van der Waals surface area contributed by atoms with Gasteiger partial charge in [-0.05, 0) is 6.42 Å². The van der Waals surface area contributed by atoms with Crippen molar-refractivity contribution in [2.45, 2.75) is 6.42 Å². The van der Waals surface area contributed by atoms with E-state index < -0.39 is 0 Å². The average Bonchev–Trinajstić information content (AvgIpc) is 2.03. The molecular formula is C7H15IO3. The van der Waals surface area contributed by atoms with Crippen molar-refractivity contribution in [3.05, 3.63) is 0 Å². The smallest absolute Gasteiger partial charge is 0.146 e. The number of rotatable bonds is 8. The maximum Gasteiger partial charge on any atom is 0.146 e. The minimum Gasteiger partial charge on any atom is -0.382 e. The van der Waals surface area contributed by atoms with Gasteiger partial charge in [-0.1, -0.05) is 22.6 Å². The van der Waals surface area contributed by atoms with Gasteiger partial charge in [-0.2, -0.15) is 0 Å². The molecular weight excluding hydrogens is 259 g/mol. The van der Waals surface area contributed by atoms with Gasteiger partial charge in [-0.15, -0.1) is 0 Å². The predicted octanol–water partition coefficient (Wildman–Crippen LogP) is 1.45. The Kier molecular flexibility index (Phi) is 11.2. The first-order valence-corrected chi connectivity index (χ1v) is 5.14. The van der Waals surface area contributed by atoms with E-state index in [1.807, 2.05) is 0 Å². The van der Waals surface area contributed by atoms with E-state index in [1.54, 1.807) is 7.11 Å². The number of ether oxygens (including phenoxy) is 3. The van der Waals surface area contributed by atoms with Crippen LogP contribution in [-0.2, 0) is 14.2 Å². The topological polar surface area (TPSA) is 27.7 Å². The van der Waals surface area contributed by atoms with Gasteiger partial charge in [0.1, 0.15) is 6.79 Å². The summed E-state index contributed by atoms with van der Waals surface area (Å²) in [5.74, 6) is 0. The minimum atomic E-state index is 0.389. The molecule has 0 aliphatic heterocycles. The first-order chi connectivity index (χ1) is 5.41. The molecule has 0 atom stereocenters. The zero-order chi connectivity index (χ0) is 8.36. The van der Waals surface area contributed by atoms with E-state index in [9.17, 15) is 0 Å². The summed E-state index contributed by atoms with van der Waals surface area (Å²) in [6.07, 6.45) is 1.09. The van der Waals surface area contributed by atoms with Crippen LogP contribution < -0.4 is 0 Å². The highest BCUT2D eigenvalue weighted by Gasteiger charge is 1.87. The molecule has 0 aromatic carbocycles. The Labute approximate surface area is 81.5 Å². The van der Waals surface area contributed by atoms with Crippen LogP contribution in [0.25, 0.3) is 0 Å². The lowest BCUT2D eigenvalue weighted by atomic mass is 10.5. The fourth-order valence-electron chi connectivity index (χ4n) is 0.476. The van der Waals surface area contributed by atoms with Crippen LogP contribution in [0.1, 0.15) is 6.42 Å². The lowest BCUT2D eigenvalue weighted by molar-refractivity contribution is -0.0650. The van der Waals surface area contributed by atoms with Gasteiger partial charge in [0, 0.05) is 11.5 Å². The zero-order valence-corrected chi connectivity index (χ0v) is 9.00. The van der Waals surface area contributed by atoms with Crippen molar-refractivity contribution in [1.82, 2.24) is 0 Å². The summed E-state index contributed by atoms with van der Waals surface area (Å²) in [5, 5.41) is 0. The molecule has 0 bridgehead atoms. The molecule has 68 valence electrons. The normalized spacial score (nSPS) is 10.4. The second-order valence-electron chi connectivity index (χ2n) is 1.97. The number of hydrogen-bond acceptors (Lipinski definition) is 3. The molecule has 0 saturated heterocycles. The summed E-state index contributed by atoms with van der Waals surface area (Å²) >= 11 is 2.32.